The van der Waals surface area contributed by atoms with Crippen molar-refractivity contribution >= 4 is 0 Å². The molecule has 2 aliphatic carbocycles. The minimum atomic E-state index is -0.720. The highest BCUT2D eigenvalue weighted by Crippen LogP contribution is 2.62. The summed E-state index contributed by atoms with van der Waals surface area (Å²) >= 11 is 0. The maximum Gasteiger partial charge on any atom is 0.164 e. The van der Waals surface area contributed by atoms with Crippen molar-refractivity contribution < 1.29 is 19.3 Å². The van der Waals surface area contributed by atoms with Gasteiger partial charge in [-0.25, -0.2) is 0 Å². The lowest BCUT2D eigenvalue weighted by atomic mass is 9.45. The Bertz CT molecular complexity index is 981. The van der Waals surface area contributed by atoms with Crippen molar-refractivity contribution in [2.24, 2.45) is 22.7 Å². The highest BCUT2D eigenvalue weighted by molar-refractivity contribution is 5.51. The lowest BCUT2D eigenvalue weighted by Crippen LogP contribution is -2.58. The molecule has 0 bridgehead atoms. The number of hydrogen-bond acceptors (Lipinski definition) is 4. The predicted octanol–water partition coefficient (Wildman–Crippen LogP) is 6.82. The molecular formula is C30H42O4. The fourth-order valence-corrected chi connectivity index (χ4v) is 7.23. The van der Waals surface area contributed by atoms with E-state index < -0.39 is 5.60 Å². The van der Waals surface area contributed by atoms with Crippen LogP contribution in [0.1, 0.15) is 70.9 Å². The molecule has 2 aromatic carbocycles. The quantitative estimate of drug-likeness (QED) is 0.486. The molecule has 0 spiro atoms. The first-order valence-electron chi connectivity index (χ1n) is 12.7. The third-order valence-corrected chi connectivity index (χ3v) is 8.99. The van der Waals surface area contributed by atoms with Crippen LogP contribution in [0.25, 0.3) is 0 Å². The van der Waals surface area contributed by atoms with Gasteiger partial charge in [-0.2, -0.15) is 0 Å². The Morgan fingerprint density at radius 1 is 0.882 bits per heavy atom. The van der Waals surface area contributed by atoms with Gasteiger partial charge in [0.15, 0.2) is 11.5 Å². The molecule has 1 N–H and O–H groups in total. The largest absolute Gasteiger partial charge is 0.493 e. The molecule has 0 aliphatic heterocycles. The predicted molar refractivity (Wildman–Crippen MR) is 137 cm³/mol. The highest BCUT2D eigenvalue weighted by Gasteiger charge is 2.57. The molecule has 4 heteroatoms. The van der Waals surface area contributed by atoms with Gasteiger partial charge in [0.1, 0.15) is 12.4 Å². The van der Waals surface area contributed by atoms with E-state index in [2.05, 4.69) is 39.0 Å². The van der Waals surface area contributed by atoms with Gasteiger partial charge in [0.2, 0.25) is 0 Å². The molecule has 0 heterocycles. The van der Waals surface area contributed by atoms with Crippen LogP contribution in [0.4, 0.5) is 0 Å². The van der Waals surface area contributed by atoms with E-state index in [0.29, 0.717) is 29.4 Å². The van der Waals surface area contributed by atoms with Crippen molar-refractivity contribution in [1.82, 2.24) is 0 Å². The molecule has 2 fully saturated rings. The van der Waals surface area contributed by atoms with Gasteiger partial charge >= 0.3 is 0 Å². The monoisotopic (exact) mass is 466 g/mol. The maximum atomic E-state index is 11.7. The summed E-state index contributed by atoms with van der Waals surface area (Å²) in [4.78, 5) is 0. The molecule has 4 rings (SSSR count). The fraction of sp³-hybridized carbons (Fsp3) is 0.600. The van der Waals surface area contributed by atoms with Crippen LogP contribution in [0.2, 0.25) is 0 Å². The van der Waals surface area contributed by atoms with E-state index >= 15 is 0 Å². The molecule has 186 valence electrons. The number of benzene rings is 2. The summed E-state index contributed by atoms with van der Waals surface area (Å²) in [5.41, 5.74) is 1.85. The van der Waals surface area contributed by atoms with E-state index in [4.69, 9.17) is 14.2 Å². The molecule has 0 amide bonds. The summed E-state index contributed by atoms with van der Waals surface area (Å²) in [7, 11) is 3.32. The van der Waals surface area contributed by atoms with E-state index in [-0.39, 0.29) is 11.3 Å². The summed E-state index contributed by atoms with van der Waals surface area (Å²) in [5.74, 6) is 2.90. The van der Waals surface area contributed by atoms with Gasteiger partial charge in [-0.3, -0.25) is 0 Å². The second-order valence-corrected chi connectivity index (χ2v) is 11.6. The molecule has 4 nitrogen and oxygen atoms in total. The number of hydrogen-bond donors (Lipinski definition) is 1. The summed E-state index contributed by atoms with van der Waals surface area (Å²) < 4.78 is 17.6. The van der Waals surface area contributed by atoms with E-state index in [1.807, 2.05) is 31.2 Å². The zero-order valence-corrected chi connectivity index (χ0v) is 21.8. The first-order valence-corrected chi connectivity index (χ1v) is 12.7. The standard InChI is InChI=1S/C30H42O4/c1-28(2)14-10-15-29(3)26(28)13-16-30(4,31)27(29)18-22-17-24(32-5)25(33-6)19-23(22)34-20-21-11-8-7-9-12-21/h7-9,11-12,17,19,26-27,31H,10,13-16,18,20H2,1-6H3/t26-,27+,29-,30-/m0/s1. The number of rotatable bonds is 7. The fourth-order valence-electron chi connectivity index (χ4n) is 7.23. The third kappa shape index (κ3) is 4.66. The number of fused-ring (bicyclic) bond motifs is 1. The van der Waals surface area contributed by atoms with Crippen molar-refractivity contribution in [2.45, 2.75) is 78.4 Å². The lowest BCUT2D eigenvalue weighted by molar-refractivity contribution is -0.166. The SMILES string of the molecule is COc1cc(C[C@@H]2[C@@]3(C)CCCC(C)(C)[C@@H]3CC[C@]2(C)O)c(OCc2ccccc2)cc1OC. The van der Waals surface area contributed by atoms with Crippen LogP contribution in [0.15, 0.2) is 42.5 Å². The maximum absolute atomic E-state index is 11.7. The molecule has 4 atom stereocenters. The van der Waals surface area contributed by atoms with Gasteiger partial charge in [0.05, 0.1) is 19.8 Å². The Morgan fingerprint density at radius 2 is 1.56 bits per heavy atom. The normalized spacial score (nSPS) is 30.3. The molecule has 0 saturated heterocycles. The van der Waals surface area contributed by atoms with Crippen LogP contribution in [0, 0.1) is 22.7 Å². The topological polar surface area (TPSA) is 47.9 Å². The molecule has 0 radical (unpaired) electrons. The Balaban J connectivity index is 1.71. The number of methoxy groups -OCH3 is 2. The summed E-state index contributed by atoms with van der Waals surface area (Å²) in [6, 6.07) is 14.2. The van der Waals surface area contributed by atoms with E-state index in [9.17, 15) is 5.11 Å². The van der Waals surface area contributed by atoms with E-state index in [1.54, 1.807) is 14.2 Å². The minimum absolute atomic E-state index is 0.0767. The van der Waals surface area contributed by atoms with Gasteiger partial charge in [-0.15, -0.1) is 0 Å². The lowest BCUT2D eigenvalue weighted by Gasteiger charge is -2.61. The Morgan fingerprint density at radius 3 is 2.24 bits per heavy atom. The van der Waals surface area contributed by atoms with E-state index in [1.165, 1.54) is 12.8 Å². The van der Waals surface area contributed by atoms with Crippen LogP contribution in [0.3, 0.4) is 0 Å². The van der Waals surface area contributed by atoms with Crippen molar-refractivity contribution in [3.05, 3.63) is 53.6 Å². The highest BCUT2D eigenvalue weighted by atomic mass is 16.5. The van der Waals surface area contributed by atoms with Crippen LogP contribution in [-0.2, 0) is 13.0 Å². The molecule has 0 unspecified atom stereocenters. The van der Waals surface area contributed by atoms with Gasteiger partial charge in [0.25, 0.3) is 0 Å². The second kappa shape index (κ2) is 9.45. The van der Waals surface area contributed by atoms with E-state index in [0.717, 1.165) is 42.6 Å². The molecular weight excluding hydrogens is 424 g/mol. The summed E-state index contributed by atoms with van der Waals surface area (Å²) in [6.45, 7) is 9.82. The van der Waals surface area contributed by atoms with Crippen LogP contribution >= 0.6 is 0 Å². The smallest absolute Gasteiger partial charge is 0.164 e. The van der Waals surface area contributed by atoms with Gasteiger partial charge in [-0.05, 0) is 78.9 Å². The van der Waals surface area contributed by atoms with Crippen molar-refractivity contribution in [1.29, 1.82) is 0 Å². The molecule has 2 saturated carbocycles. The number of aliphatic hydroxyl groups is 1. The Labute approximate surface area is 205 Å². The second-order valence-electron chi connectivity index (χ2n) is 11.6. The molecule has 2 aromatic rings. The average Bonchev–Trinajstić information content (AvgIpc) is 2.80. The molecule has 2 aliphatic rings. The first kappa shape index (κ1) is 24.9. The summed E-state index contributed by atoms with van der Waals surface area (Å²) in [5, 5.41) is 11.7. The van der Waals surface area contributed by atoms with Crippen LogP contribution in [0.5, 0.6) is 17.2 Å². The van der Waals surface area contributed by atoms with Crippen LogP contribution in [-0.4, -0.2) is 24.9 Å². The van der Waals surface area contributed by atoms with Crippen molar-refractivity contribution in [3.8, 4) is 17.2 Å². The van der Waals surface area contributed by atoms with Gasteiger partial charge in [0, 0.05) is 6.07 Å². The first-order chi connectivity index (χ1) is 16.1. The Kier molecular flexibility index (Phi) is 6.92. The van der Waals surface area contributed by atoms with Gasteiger partial charge in [-0.1, -0.05) is 57.5 Å². The van der Waals surface area contributed by atoms with Crippen molar-refractivity contribution in [2.75, 3.05) is 14.2 Å². The van der Waals surface area contributed by atoms with Crippen molar-refractivity contribution in [3.63, 3.8) is 0 Å². The molecule has 34 heavy (non-hydrogen) atoms. The zero-order chi connectivity index (χ0) is 24.6. The minimum Gasteiger partial charge on any atom is -0.493 e. The van der Waals surface area contributed by atoms with Crippen LogP contribution < -0.4 is 14.2 Å². The average molecular weight is 467 g/mol. The molecule has 0 aromatic heterocycles. The summed E-state index contributed by atoms with van der Waals surface area (Å²) in [6.07, 6.45) is 6.33. The van der Waals surface area contributed by atoms with Gasteiger partial charge < -0.3 is 19.3 Å². The zero-order valence-electron chi connectivity index (χ0n) is 21.8. The Hall–Kier alpha value is -2.20. The number of ether oxygens (including phenoxy) is 3. The third-order valence-electron chi connectivity index (χ3n) is 8.99.